The van der Waals surface area contributed by atoms with Gasteiger partial charge in [-0.3, -0.25) is 4.79 Å². The highest BCUT2D eigenvalue weighted by Crippen LogP contribution is 2.27. The van der Waals surface area contributed by atoms with E-state index in [4.69, 9.17) is 4.74 Å². The Kier molecular flexibility index (Phi) is 4.22. The van der Waals surface area contributed by atoms with Crippen molar-refractivity contribution >= 4 is 33.4 Å². The lowest BCUT2D eigenvalue weighted by atomic mass is 10.1. The van der Waals surface area contributed by atoms with Crippen LogP contribution in [-0.4, -0.2) is 28.8 Å². The number of amides is 1. The SMILES string of the molecule is COCCn1ccc2c(NC(=O)c3cn(C)c4ccccc34)cccc21. The minimum absolute atomic E-state index is 0.0982. The van der Waals surface area contributed by atoms with Gasteiger partial charge < -0.3 is 19.2 Å². The summed E-state index contributed by atoms with van der Waals surface area (Å²) in [6, 6.07) is 15.9. The number of carbonyl (C=O) groups excluding carboxylic acids is 1. The van der Waals surface area contributed by atoms with Gasteiger partial charge in [0.2, 0.25) is 0 Å². The molecule has 0 bridgehead atoms. The number of anilines is 1. The Morgan fingerprint density at radius 3 is 2.69 bits per heavy atom. The Labute approximate surface area is 151 Å². The minimum atomic E-state index is -0.0982. The molecule has 1 amide bonds. The van der Waals surface area contributed by atoms with Gasteiger partial charge in [0.05, 0.1) is 23.4 Å². The average molecular weight is 347 g/mol. The summed E-state index contributed by atoms with van der Waals surface area (Å²) < 4.78 is 9.28. The number of nitrogens with one attached hydrogen (secondary N) is 1. The maximum atomic E-state index is 12.9. The second-order valence-electron chi connectivity index (χ2n) is 6.37. The number of carbonyl (C=O) groups is 1. The molecule has 0 unspecified atom stereocenters. The van der Waals surface area contributed by atoms with Crippen molar-refractivity contribution in [2.45, 2.75) is 6.54 Å². The topological polar surface area (TPSA) is 48.2 Å². The van der Waals surface area contributed by atoms with Crippen LogP contribution in [0.2, 0.25) is 0 Å². The summed E-state index contributed by atoms with van der Waals surface area (Å²) in [6.45, 7) is 1.43. The van der Waals surface area contributed by atoms with Crippen LogP contribution < -0.4 is 5.32 Å². The van der Waals surface area contributed by atoms with Crippen LogP contribution in [0.15, 0.2) is 60.9 Å². The van der Waals surface area contributed by atoms with Crippen molar-refractivity contribution < 1.29 is 9.53 Å². The summed E-state index contributed by atoms with van der Waals surface area (Å²) in [6.07, 6.45) is 3.90. The van der Waals surface area contributed by atoms with Crippen LogP contribution in [0.3, 0.4) is 0 Å². The second kappa shape index (κ2) is 6.69. The van der Waals surface area contributed by atoms with Crippen LogP contribution in [0.1, 0.15) is 10.4 Å². The Bertz CT molecular complexity index is 1090. The first-order valence-corrected chi connectivity index (χ1v) is 8.61. The van der Waals surface area contributed by atoms with Gasteiger partial charge in [-0.1, -0.05) is 24.3 Å². The molecule has 2 heterocycles. The summed E-state index contributed by atoms with van der Waals surface area (Å²) in [4.78, 5) is 12.9. The van der Waals surface area contributed by atoms with Crippen LogP contribution in [0.25, 0.3) is 21.8 Å². The molecule has 1 N–H and O–H groups in total. The monoisotopic (exact) mass is 347 g/mol. The number of para-hydroxylation sites is 1. The summed E-state index contributed by atoms with van der Waals surface area (Å²) in [5.41, 5.74) is 3.62. The smallest absolute Gasteiger partial charge is 0.257 e. The zero-order valence-corrected chi connectivity index (χ0v) is 14.9. The Morgan fingerprint density at radius 1 is 1.04 bits per heavy atom. The molecule has 132 valence electrons. The molecule has 0 spiro atoms. The van der Waals surface area contributed by atoms with Crippen molar-refractivity contribution in [3.63, 3.8) is 0 Å². The molecular weight excluding hydrogens is 326 g/mol. The molecule has 0 atom stereocenters. The first-order chi connectivity index (χ1) is 12.7. The third-order valence-electron chi connectivity index (χ3n) is 4.74. The molecular formula is C21H21N3O2. The van der Waals surface area contributed by atoms with E-state index in [0.717, 1.165) is 34.0 Å². The van der Waals surface area contributed by atoms with E-state index in [1.165, 1.54) is 0 Å². The lowest BCUT2D eigenvalue weighted by molar-refractivity contribution is 0.102. The van der Waals surface area contributed by atoms with Crippen LogP contribution >= 0.6 is 0 Å². The van der Waals surface area contributed by atoms with Crippen molar-refractivity contribution in [2.75, 3.05) is 19.0 Å². The van der Waals surface area contributed by atoms with E-state index in [-0.39, 0.29) is 5.91 Å². The van der Waals surface area contributed by atoms with Crippen LogP contribution in [0, 0.1) is 0 Å². The van der Waals surface area contributed by atoms with E-state index in [0.29, 0.717) is 12.2 Å². The number of fused-ring (bicyclic) bond motifs is 2. The Hall–Kier alpha value is -3.05. The highest BCUT2D eigenvalue weighted by molar-refractivity contribution is 6.15. The first kappa shape index (κ1) is 16.4. The number of aryl methyl sites for hydroxylation is 1. The fourth-order valence-corrected chi connectivity index (χ4v) is 3.43. The van der Waals surface area contributed by atoms with Gasteiger partial charge >= 0.3 is 0 Å². The Morgan fingerprint density at radius 2 is 1.85 bits per heavy atom. The molecule has 2 aromatic carbocycles. The van der Waals surface area contributed by atoms with Gasteiger partial charge in [-0.25, -0.2) is 0 Å². The predicted octanol–water partition coefficient (Wildman–Crippen LogP) is 4.03. The summed E-state index contributed by atoms with van der Waals surface area (Å²) in [5.74, 6) is -0.0982. The highest BCUT2D eigenvalue weighted by Gasteiger charge is 2.15. The minimum Gasteiger partial charge on any atom is -0.383 e. The van der Waals surface area contributed by atoms with Gasteiger partial charge in [0.1, 0.15) is 0 Å². The molecule has 0 fully saturated rings. The van der Waals surface area contributed by atoms with Gasteiger partial charge in [0.25, 0.3) is 5.91 Å². The third kappa shape index (κ3) is 2.76. The maximum Gasteiger partial charge on any atom is 0.257 e. The molecule has 0 aliphatic rings. The zero-order valence-electron chi connectivity index (χ0n) is 14.9. The standard InChI is InChI=1S/C21H21N3O2/c1-23-14-17(15-6-3-4-8-19(15)23)21(25)22-18-7-5-9-20-16(18)10-11-24(20)12-13-26-2/h3-11,14H,12-13H2,1-2H3,(H,22,25). The molecule has 5 heteroatoms. The number of benzene rings is 2. The number of hydrogen-bond donors (Lipinski definition) is 1. The van der Waals surface area contributed by atoms with Gasteiger partial charge in [-0.2, -0.15) is 0 Å². The largest absolute Gasteiger partial charge is 0.383 e. The normalized spacial score (nSPS) is 11.3. The van der Waals surface area contributed by atoms with Crippen molar-refractivity contribution in [2.24, 2.45) is 7.05 Å². The van der Waals surface area contributed by atoms with E-state index in [9.17, 15) is 4.79 Å². The molecule has 0 aliphatic carbocycles. The third-order valence-corrected chi connectivity index (χ3v) is 4.74. The Balaban J connectivity index is 1.68. The van der Waals surface area contributed by atoms with Crippen molar-refractivity contribution in [1.82, 2.24) is 9.13 Å². The van der Waals surface area contributed by atoms with E-state index in [1.807, 2.05) is 66.5 Å². The van der Waals surface area contributed by atoms with Crippen molar-refractivity contribution in [3.8, 4) is 0 Å². The first-order valence-electron chi connectivity index (χ1n) is 8.61. The van der Waals surface area contributed by atoms with Crippen molar-refractivity contribution in [3.05, 3.63) is 66.5 Å². The molecule has 0 aliphatic heterocycles. The molecule has 4 rings (SSSR count). The fraction of sp³-hybridized carbons (Fsp3) is 0.190. The molecule has 0 saturated heterocycles. The number of aromatic nitrogens is 2. The van der Waals surface area contributed by atoms with Crippen molar-refractivity contribution in [1.29, 1.82) is 0 Å². The number of nitrogens with zero attached hydrogens (tertiary/aromatic N) is 2. The zero-order chi connectivity index (χ0) is 18.1. The van der Waals surface area contributed by atoms with Crippen LogP contribution in [0.4, 0.5) is 5.69 Å². The van der Waals surface area contributed by atoms with Crippen LogP contribution in [0.5, 0.6) is 0 Å². The summed E-state index contributed by atoms with van der Waals surface area (Å²) >= 11 is 0. The van der Waals surface area contributed by atoms with E-state index in [2.05, 4.69) is 16.0 Å². The molecule has 2 aromatic heterocycles. The lowest BCUT2D eigenvalue weighted by Gasteiger charge is -2.08. The summed E-state index contributed by atoms with van der Waals surface area (Å²) in [5, 5.41) is 5.06. The highest BCUT2D eigenvalue weighted by atomic mass is 16.5. The van der Waals surface area contributed by atoms with Crippen LogP contribution in [-0.2, 0) is 18.3 Å². The number of hydrogen-bond acceptors (Lipinski definition) is 2. The van der Waals surface area contributed by atoms with Gasteiger partial charge in [0.15, 0.2) is 0 Å². The van der Waals surface area contributed by atoms with E-state index in [1.54, 1.807) is 7.11 Å². The molecule has 0 saturated carbocycles. The van der Waals surface area contributed by atoms with Gasteiger partial charge in [-0.15, -0.1) is 0 Å². The van der Waals surface area contributed by atoms with Gasteiger partial charge in [0, 0.05) is 49.4 Å². The molecule has 5 nitrogen and oxygen atoms in total. The predicted molar refractivity (Wildman–Crippen MR) is 105 cm³/mol. The number of methoxy groups -OCH3 is 1. The average Bonchev–Trinajstić information content (AvgIpc) is 3.22. The van der Waals surface area contributed by atoms with E-state index >= 15 is 0 Å². The quantitative estimate of drug-likeness (QED) is 0.592. The lowest BCUT2D eigenvalue weighted by Crippen LogP contribution is -2.11. The molecule has 4 aromatic rings. The summed E-state index contributed by atoms with van der Waals surface area (Å²) in [7, 11) is 3.65. The molecule has 0 radical (unpaired) electrons. The number of ether oxygens (including phenoxy) is 1. The molecule has 26 heavy (non-hydrogen) atoms. The van der Waals surface area contributed by atoms with Gasteiger partial charge in [-0.05, 0) is 24.3 Å². The second-order valence-corrected chi connectivity index (χ2v) is 6.37. The number of rotatable bonds is 5. The fourth-order valence-electron chi connectivity index (χ4n) is 3.43. The maximum absolute atomic E-state index is 12.9. The van der Waals surface area contributed by atoms with E-state index < -0.39 is 0 Å².